The van der Waals surface area contributed by atoms with Crippen molar-refractivity contribution in [1.82, 2.24) is 0 Å². The maximum Gasteiger partial charge on any atom is 0.341 e. The SMILES string of the molecule is CC(C)CCCCCC(O)OC(=O)c1ccccc1C(=O)[O-]. The normalized spacial score (nSPS) is 12.2. The molecule has 0 saturated heterocycles. The van der Waals surface area contributed by atoms with Crippen LogP contribution in [0.25, 0.3) is 0 Å². The summed E-state index contributed by atoms with van der Waals surface area (Å²) in [5.41, 5.74) is -0.349. The largest absolute Gasteiger partial charge is 0.545 e. The molecular weight excluding hydrogens is 284 g/mol. The summed E-state index contributed by atoms with van der Waals surface area (Å²) in [6.07, 6.45) is 3.05. The smallest absolute Gasteiger partial charge is 0.341 e. The van der Waals surface area contributed by atoms with Crippen LogP contribution in [0.2, 0.25) is 0 Å². The number of aliphatic hydroxyl groups excluding tert-OH is 1. The van der Waals surface area contributed by atoms with Crippen LogP contribution in [0.15, 0.2) is 24.3 Å². The van der Waals surface area contributed by atoms with Gasteiger partial charge < -0.3 is 19.7 Å². The fourth-order valence-corrected chi connectivity index (χ4v) is 2.13. The summed E-state index contributed by atoms with van der Waals surface area (Å²) in [7, 11) is 0. The van der Waals surface area contributed by atoms with E-state index in [1.54, 1.807) is 0 Å². The minimum atomic E-state index is -1.45. The number of hydrogen-bond acceptors (Lipinski definition) is 5. The second-order valence-corrected chi connectivity index (χ2v) is 5.72. The lowest BCUT2D eigenvalue weighted by Gasteiger charge is -2.14. The Morgan fingerprint density at radius 3 is 2.27 bits per heavy atom. The van der Waals surface area contributed by atoms with Crippen molar-refractivity contribution in [2.75, 3.05) is 0 Å². The quantitative estimate of drug-likeness (QED) is 0.429. The summed E-state index contributed by atoms with van der Waals surface area (Å²) in [6.45, 7) is 4.32. The molecule has 1 N–H and O–H groups in total. The molecule has 22 heavy (non-hydrogen) atoms. The monoisotopic (exact) mass is 307 g/mol. The Bertz CT molecular complexity index is 496. The fourth-order valence-electron chi connectivity index (χ4n) is 2.13. The first-order valence-corrected chi connectivity index (χ1v) is 7.61. The number of carbonyl (C=O) groups excluding carboxylic acids is 2. The molecule has 122 valence electrons. The van der Waals surface area contributed by atoms with Gasteiger partial charge in [-0.3, -0.25) is 0 Å². The predicted octanol–water partition coefficient (Wildman–Crippen LogP) is 2.13. The van der Waals surface area contributed by atoms with Gasteiger partial charge in [0.25, 0.3) is 0 Å². The Labute approximate surface area is 130 Å². The van der Waals surface area contributed by atoms with E-state index in [-0.39, 0.29) is 11.1 Å². The van der Waals surface area contributed by atoms with Gasteiger partial charge in [0.15, 0.2) is 0 Å². The number of carboxylic acid groups (broad SMARTS) is 1. The van der Waals surface area contributed by atoms with E-state index in [0.29, 0.717) is 12.3 Å². The fraction of sp³-hybridized carbons (Fsp3) is 0.529. The summed E-state index contributed by atoms with van der Waals surface area (Å²) in [4.78, 5) is 22.8. The molecule has 0 saturated carbocycles. The number of esters is 1. The molecule has 0 radical (unpaired) electrons. The first-order valence-electron chi connectivity index (χ1n) is 7.61. The van der Waals surface area contributed by atoms with Gasteiger partial charge in [-0.15, -0.1) is 0 Å². The van der Waals surface area contributed by atoms with E-state index >= 15 is 0 Å². The lowest BCUT2D eigenvalue weighted by molar-refractivity contribution is -0.255. The zero-order valence-corrected chi connectivity index (χ0v) is 13.1. The first kappa shape index (κ1) is 18.2. The molecule has 0 spiro atoms. The maximum atomic E-state index is 11.9. The number of aliphatic hydroxyl groups is 1. The number of carbonyl (C=O) groups is 2. The number of carboxylic acids is 1. The Hall–Kier alpha value is -1.88. The van der Waals surface area contributed by atoms with Crippen LogP contribution in [-0.2, 0) is 4.74 Å². The van der Waals surface area contributed by atoms with E-state index in [0.717, 1.165) is 25.7 Å². The molecule has 5 heteroatoms. The van der Waals surface area contributed by atoms with Crippen molar-refractivity contribution in [3.63, 3.8) is 0 Å². The Morgan fingerprint density at radius 1 is 1.09 bits per heavy atom. The highest BCUT2D eigenvalue weighted by Crippen LogP contribution is 2.14. The lowest BCUT2D eigenvalue weighted by Crippen LogP contribution is -2.26. The number of aromatic carboxylic acids is 1. The van der Waals surface area contributed by atoms with E-state index in [4.69, 9.17) is 4.74 Å². The van der Waals surface area contributed by atoms with E-state index in [1.165, 1.54) is 24.3 Å². The number of rotatable bonds is 9. The van der Waals surface area contributed by atoms with Crippen molar-refractivity contribution in [3.05, 3.63) is 35.4 Å². The molecule has 1 atom stereocenters. The highest BCUT2D eigenvalue weighted by molar-refractivity contribution is 6.01. The van der Waals surface area contributed by atoms with Gasteiger partial charge in [-0.25, -0.2) is 4.79 Å². The van der Waals surface area contributed by atoms with Gasteiger partial charge >= 0.3 is 5.97 Å². The predicted molar refractivity (Wildman–Crippen MR) is 80.1 cm³/mol. The molecule has 0 heterocycles. The van der Waals surface area contributed by atoms with Crippen LogP contribution in [0, 0.1) is 5.92 Å². The number of ether oxygens (including phenoxy) is 1. The average molecular weight is 307 g/mol. The molecule has 0 amide bonds. The Balaban J connectivity index is 2.43. The van der Waals surface area contributed by atoms with Crippen molar-refractivity contribution in [1.29, 1.82) is 0 Å². The van der Waals surface area contributed by atoms with E-state index < -0.39 is 18.2 Å². The topological polar surface area (TPSA) is 86.7 Å². The zero-order valence-electron chi connectivity index (χ0n) is 13.1. The minimum absolute atomic E-state index is 0.110. The summed E-state index contributed by atoms with van der Waals surface area (Å²) in [6, 6.07) is 5.63. The molecule has 5 nitrogen and oxygen atoms in total. The highest BCUT2D eigenvalue weighted by Gasteiger charge is 2.16. The van der Waals surface area contributed by atoms with Gasteiger partial charge in [-0.1, -0.05) is 51.3 Å². The molecule has 0 aromatic heterocycles. The van der Waals surface area contributed by atoms with Gasteiger partial charge in [-0.05, 0) is 18.4 Å². The van der Waals surface area contributed by atoms with Gasteiger partial charge in [-0.2, -0.15) is 0 Å². The standard InChI is InChI=1S/C17H24O5/c1-12(2)8-4-3-5-11-15(18)22-17(21)14-10-7-6-9-13(14)16(19)20/h6-7,9-10,12,15,18H,3-5,8,11H2,1-2H3,(H,19,20)/p-1. The Morgan fingerprint density at radius 2 is 1.68 bits per heavy atom. The third kappa shape index (κ3) is 6.26. The summed E-state index contributed by atoms with van der Waals surface area (Å²) in [5.74, 6) is -1.64. The number of unbranched alkanes of at least 4 members (excludes halogenated alkanes) is 2. The van der Waals surface area contributed by atoms with Gasteiger partial charge in [0.1, 0.15) is 0 Å². The molecule has 0 aliphatic rings. The Kier molecular flexibility index (Phi) is 7.60. The first-order chi connectivity index (χ1) is 10.4. The maximum absolute atomic E-state index is 11.9. The van der Waals surface area contributed by atoms with Crippen LogP contribution >= 0.6 is 0 Å². The third-order valence-electron chi connectivity index (χ3n) is 3.34. The molecular formula is C17H23O5-. The van der Waals surface area contributed by atoms with Crippen molar-refractivity contribution >= 4 is 11.9 Å². The average Bonchev–Trinajstić information content (AvgIpc) is 2.46. The molecule has 1 aromatic rings. The van der Waals surface area contributed by atoms with Crippen LogP contribution in [0.4, 0.5) is 0 Å². The van der Waals surface area contributed by atoms with Crippen LogP contribution in [0.5, 0.6) is 0 Å². The second-order valence-electron chi connectivity index (χ2n) is 5.72. The van der Waals surface area contributed by atoms with Gasteiger partial charge in [0.2, 0.25) is 6.29 Å². The van der Waals surface area contributed by atoms with Crippen LogP contribution < -0.4 is 5.11 Å². The van der Waals surface area contributed by atoms with Crippen molar-refractivity contribution in [3.8, 4) is 0 Å². The molecule has 0 aliphatic carbocycles. The molecule has 0 aliphatic heterocycles. The molecule has 0 bridgehead atoms. The van der Waals surface area contributed by atoms with E-state index in [2.05, 4.69) is 13.8 Å². The minimum Gasteiger partial charge on any atom is -0.545 e. The van der Waals surface area contributed by atoms with Crippen molar-refractivity contribution < 1.29 is 24.5 Å². The van der Waals surface area contributed by atoms with Crippen LogP contribution in [0.3, 0.4) is 0 Å². The van der Waals surface area contributed by atoms with E-state index in [1.807, 2.05) is 0 Å². The second kappa shape index (κ2) is 9.20. The summed E-state index contributed by atoms with van der Waals surface area (Å²) in [5, 5.41) is 20.6. The molecule has 1 unspecified atom stereocenters. The molecule has 1 rings (SSSR count). The lowest BCUT2D eigenvalue weighted by atomic mass is 10.0. The molecule has 0 fully saturated rings. The zero-order chi connectivity index (χ0) is 16.5. The summed E-state index contributed by atoms with van der Waals surface area (Å²) >= 11 is 0. The number of hydrogen-bond donors (Lipinski definition) is 1. The van der Waals surface area contributed by atoms with Gasteiger partial charge in [0, 0.05) is 12.0 Å². The highest BCUT2D eigenvalue weighted by atomic mass is 16.6. The summed E-state index contributed by atoms with van der Waals surface area (Å²) < 4.78 is 4.88. The van der Waals surface area contributed by atoms with Crippen molar-refractivity contribution in [2.24, 2.45) is 5.92 Å². The van der Waals surface area contributed by atoms with Crippen LogP contribution in [-0.4, -0.2) is 23.3 Å². The van der Waals surface area contributed by atoms with Crippen molar-refractivity contribution in [2.45, 2.75) is 52.2 Å². The molecule has 1 aromatic carbocycles. The van der Waals surface area contributed by atoms with Crippen LogP contribution in [0.1, 0.15) is 66.7 Å². The number of benzene rings is 1. The third-order valence-corrected chi connectivity index (χ3v) is 3.34. The van der Waals surface area contributed by atoms with E-state index in [9.17, 15) is 19.8 Å². The van der Waals surface area contributed by atoms with Gasteiger partial charge in [0.05, 0.1) is 11.5 Å².